The zero-order valence-corrected chi connectivity index (χ0v) is 11.0. The third-order valence-corrected chi connectivity index (χ3v) is 3.75. The van der Waals surface area contributed by atoms with Gasteiger partial charge < -0.3 is 10.6 Å². The predicted octanol–water partition coefficient (Wildman–Crippen LogP) is 0.227. The van der Waals surface area contributed by atoms with E-state index in [1.165, 1.54) is 31.8 Å². The van der Waals surface area contributed by atoms with Gasteiger partial charge in [-0.25, -0.2) is 4.98 Å². The molecule has 1 aromatic rings. The second-order valence-electron chi connectivity index (χ2n) is 5.37. The monoisotopic (exact) mass is 261 g/mol. The molecule has 2 fully saturated rings. The number of aromatic nitrogens is 2. The summed E-state index contributed by atoms with van der Waals surface area (Å²) in [5.41, 5.74) is 5.90. The summed E-state index contributed by atoms with van der Waals surface area (Å²) < 4.78 is 0. The summed E-state index contributed by atoms with van der Waals surface area (Å²) in [5.74, 6) is 1.13. The van der Waals surface area contributed by atoms with Gasteiger partial charge in [0, 0.05) is 32.7 Å². The van der Waals surface area contributed by atoms with Crippen LogP contribution in [-0.4, -0.2) is 58.4 Å². The second kappa shape index (κ2) is 5.13. The molecular formula is C13H19N5O. The molecule has 1 saturated carbocycles. The van der Waals surface area contributed by atoms with Crippen LogP contribution in [0.4, 0.5) is 5.82 Å². The Balaban J connectivity index is 1.56. The van der Waals surface area contributed by atoms with Crippen LogP contribution in [0, 0.1) is 5.92 Å². The summed E-state index contributed by atoms with van der Waals surface area (Å²) in [6.07, 6.45) is 5.68. The first-order valence-electron chi connectivity index (χ1n) is 6.81. The van der Waals surface area contributed by atoms with Crippen molar-refractivity contribution in [2.45, 2.75) is 12.8 Å². The summed E-state index contributed by atoms with van der Waals surface area (Å²) in [4.78, 5) is 24.5. The van der Waals surface area contributed by atoms with E-state index in [2.05, 4.69) is 14.9 Å². The Morgan fingerprint density at radius 1 is 1.26 bits per heavy atom. The van der Waals surface area contributed by atoms with Gasteiger partial charge in [-0.3, -0.25) is 14.7 Å². The van der Waals surface area contributed by atoms with Crippen LogP contribution in [0.5, 0.6) is 0 Å². The third kappa shape index (κ3) is 3.01. The van der Waals surface area contributed by atoms with Crippen LogP contribution in [0.25, 0.3) is 0 Å². The summed E-state index contributed by atoms with van der Waals surface area (Å²) in [5, 5.41) is 0. The predicted molar refractivity (Wildman–Crippen MR) is 71.5 cm³/mol. The quantitative estimate of drug-likeness (QED) is 0.843. The molecule has 6 nitrogen and oxygen atoms in total. The molecule has 1 aliphatic heterocycles. The van der Waals surface area contributed by atoms with Crippen molar-refractivity contribution in [1.82, 2.24) is 19.8 Å². The zero-order valence-electron chi connectivity index (χ0n) is 11.0. The minimum atomic E-state index is -0.0640. The zero-order chi connectivity index (χ0) is 13.2. The third-order valence-electron chi connectivity index (χ3n) is 3.75. The maximum Gasteiger partial charge on any atom is 0.274 e. The van der Waals surface area contributed by atoms with Crippen molar-refractivity contribution >= 4 is 11.7 Å². The lowest BCUT2D eigenvalue weighted by atomic mass is 10.2. The Hall–Kier alpha value is -1.69. The molecule has 1 amide bonds. The van der Waals surface area contributed by atoms with Gasteiger partial charge in [0.1, 0.15) is 11.5 Å². The van der Waals surface area contributed by atoms with Gasteiger partial charge in [-0.2, -0.15) is 0 Å². The topological polar surface area (TPSA) is 75.3 Å². The van der Waals surface area contributed by atoms with Crippen LogP contribution < -0.4 is 5.73 Å². The standard InChI is InChI=1S/C13H19N5O/c14-12-8-15-7-11(16-12)13(19)18-5-3-17(4-6-18)9-10-1-2-10/h7-8,10H,1-6,9H2,(H2,14,16). The van der Waals surface area contributed by atoms with E-state index in [-0.39, 0.29) is 5.91 Å². The number of piperazine rings is 1. The molecular weight excluding hydrogens is 242 g/mol. The Bertz CT molecular complexity index is 466. The number of rotatable bonds is 3. The number of nitrogens with two attached hydrogens (primary N) is 1. The van der Waals surface area contributed by atoms with E-state index >= 15 is 0 Å². The smallest absolute Gasteiger partial charge is 0.274 e. The van der Waals surface area contributed by atoms with Crippen LogP contribution in [-0.2, 0) is 0 Å². The van der Waals surface area contributed by atoms with Crippen LogP contribution >= 0.6 is 0 Å². The van der Waals surface area contributed by atoms with Crippen molar-refractivity contribution in [2.75, 3.05) is 38.5 Å². The van der Waals surface area contributed by atoms with Crippen molar-refractivity contribution in [3.63, 3.8) is 0 Å². The Labute approximate surface area is 112 Å². The number of amides is 1. The van der Waals surface area contributed by atoms with E-state index in [4.69, 9.17) is 5.73 Å². The van der Waals surface area contributed by atoms with E-state index in [0.29, 0.717) is 11.5 Å². The van der Waals surface area contributed by atoms with Crippen molar-refractivity contribution in [1.29, 1.82) is 0 Å². The summed E-state index contributed by atoms with van der Waals surface area (Å²) >= 11 is 0. The van der Waals surface area contributed by atoms with Crippen LogP contribution in [0.2, 0.25) is 0 Å². The number of anilines is 1. The fraction of sp³-hybridized carbons (Fsp3) is 0.615. The highest BCUT2D eigenvalue weighted by molar-refractivity contribution is 5.92. The van der Waals surface area contributed by atoms with Crippen LogP contribution in [0.1, 0.15) is 23.3 Å². The fourth-order valence-corrected chi connectivity index (χ4v) is 2.45. The molecule has 0 bridgehead atoms. The Kier molecular flexibility index (Phi) is 3.33. The van der Waals surface area contributed by atoms with Gasteiger partial charge in [0.2, 0.25) is 0 Å². The molecule has 2 aliphatic rings. The van der Waals surface area contributed by atoms with Gasteiger partial charge in [-0.15, -0.1) is 0 Å². The molecule has 3 rings (SSSR count). The van der Waals surface area contributed by atoms with E-state index in [0.717, 1.165) is 32.1 Å². The Morgan fingerprint density at radius 3 is 2.63 bits per heavy atom. The molecule has 0 spiro atoms. The molecule has 0 aromatic carbocycles. The van der Waals surface area contributed by atoms with Gasteiger partial charge in [-0.05, 0) is 18.8 Å². The number of nitrogens with zero attached hydrogens (tertiary/aromatic N) is 4. The normalized spacial score (nSPS) is 20.5. The van der Waals surface area contributed by atoms with E-state index in [1.807, 2.05) is 4.90 Å². The van der Waals surface area contributed by atoms with Gasteiger partial charge >= 0.3 is 0 Å². The SMILES string of the molecule is Nc1cncc(C(=O)N2CCN(CC3CC3)CC2)n1. The Morgan fingerprint density at radius 2 is 2.00 bits per heavy atom. The van der Waals surface area contributed by atoms with Crippen LogP contribution in [0.3, 0.4) is 0 Å². The number of hydrogen-bond donors (Lipinski definition) is 1. The molecule has 1 aromatic heterocycles. The molecule has 0 atom stereocenters. The summed E-state index contributed by atoms with van der Waals surface area (Å²) in [6, 6.07) is 0. The molecule has 2 N–H and O–H groups in total. The first-order chi connectivity index (χ1) is 9.22. The highest BCUT2D eigenvalue weighted by Gasteiger charge is 2.28. The van der Waals surface area contributed by atoms with E-state index < -0.39 is 0 Å². The fourth-order valence-electron chi connectivity index (χ4n) is 2.45. The molecule has 6 heteroatoms. The molecule has 2 heterocycles. The molecule has 102 valence electrons. The number of nitrogen functional groups attached to an aromatic ring is 1. The van der Waals surface area contributed by atoms with Crippen molar-refractivity contribution in [3.05, 3.63) is 18.1 Å². The number of hydrogen-bond acceptors (Lipinski definition) is 5. The van der Waals surface area contributed by atoms with Crippen molar-refractivity contribution in [2.24, 2.45) is 5.92 Å². The molecule has 0 unspecified atom stereocenters. The highest BCUT2D eigenvalue weighted by Crippen LogP contribution is 2.29. The van der Waals surface area contributed by atoms with Crippen molar-refractivity contribution < 1.29 is 4.79 Å². The minimum absolute atomic E-state index is 0.0640. The lowest BCUT2D eigenvalue weighted by molar-refractivity contribution is 0.0626. The minimum Gasteiger partial charge on any atom is -0.382 e. The van der Waals surface area contributed by atoms with Gasteiger partial charge in [0.15, 0.2) is 0 Å². The first-order valence-corrected chi connectivity index (χ1v) is 6.81. The lowest BCUT2D eigenvalue weighted by Crippen LogP contribution is -2.49. The maximum atomic E-state index is 12.2. The van der Waals surface area contributed by atoms with Gasteiger partial charge in [-0.1, -0.05) is 0 Å². The molecule has 19 heavy (non-hydrogen) atoms. The summed E-state index contributed by atoms with van der Waals surface area (Å²) in [6.45, 7) is 4.64. The summed E-state index contributed by atoms with van der Waals surface area (Å²) in [7, 11) is 0. The number of carbonyl (C=O) groups excluding carboxylic acids is 1. The second-order valence-corrected chi connectivity index (χ2v) is 5.37. The van der Waals surface area contributed by atoms with Gasteiger partial charge in [0.05, 0.1) is 12.4 Å². The average molecular weight is 261 g/mol. The largest absolute Gasteiger partial charge is 0.382 e. The highest BCUT2D eigenvalue weighted by atomic mass is 16.2. The first kappa shape index (κ1) is 12.3. The maximum absolute atomic E-state index is 12.2. The average Bonchev–Trinajstić information content (AvgIpc) is 3.23. The molecule has 1 aliphatic carbocycles. The van der Waals surface area contributed by atoms with E-state index in [9.17, 15) is 4.79 Å². The lowest BCUT2D eigenvalue weighted by Gasteiger charge is -2.34. The van der Waals surface area contributed by atoms with Gasteiger partial charge in [0.25, 0.3) is 5.91 Å². The molecule has 1 saturated heterocycles. The number of carbonyl (C=O) groups is 1. The van der Waals surface area contributed by atoms with E-state index in [1.54, 1.807) is 0 Å². The van der Waals surface area contributed by atoms with Crippen LogP contribution in [0.15, 0.2) is 12.4 Å². The van der Waals surface area contributed by atoms with Crippen molar-refractivity contribution in [3.8, 4) is 0 Å². The molecule has 0 radical (unpaired) electrons.